The summed E-state index contributed by atoms with van der Waals surface area (Å²) in [4.78, 5) is 20.2. The summed E-state index contributed by atoms with van der Waals surface area (Å²) in [6, 6.07) is 0. The van der Waals surface area contributed by atoms with E-state index in [4.69, 9.17) is 4.89 Å². The number of rotatable bonds is 23. The van der Waals surface area contributed by atoms with Crippen LogP contribution in [0.4, 0.5) is 0 Å². The standard InChI is InChI=1S/C28H50NO4P/c1-2-3-4-5-6-7-8-9-10-11-12-13-14-15-16-17-18-19-20-21-22-23-25-28(30)29-26-24-27-33-34(31)32/h34H,2-12,17-27H2,1H3,(H,29,30)(H,31,32). The fraction of sp³-hybridized carbons (Fsp3) is 0.821. The van der Waals surface area contributed by atoms with Gasteiger partial charge in [-0.3, -0.25) is 9.36 Å². The van der Waals surface area contributed by atoms with Crippen LogP contribution in [-0.2, 0) is 13.9 Å². The molecule has 0 aromatic rings. The zero-order valence-corrected chi connectivity index (χ0v) is 22.7. The van der Waals surface area contributed by atoms with Gasteiger partial charge in [0.05, 0.1) is 6.61 Å². The summed E-state index contributed by atoms with van der Waals surface area (Å²) in [5, 5.41) is 2.80. The van der Waals surface area contributed by atoms with Crippen LogP contribution in [0.2, 0.25) is 0 Å². The average molecular weight is 496 g/mol. The molecule has 0 saturated carbocycles. The van der Waals surface area contributed by atoms with Gasteiger partial charge in [-0.05, 0) is 37.5 Å². The van der Waals surface area contributed by atoms with Gasteiger partial charge in [0.25, 0.3) is 0 Å². The maximum absolute atomic E-state index is 11.7. The molecular formula is C28H50NO4P. The highest BCUT2D eigenvalue weighted by Gasteiger charge is 2.01. The Hall–Kier alpha value is -1.26. The van der Waals surface area contributed by atoms with E-state index in [1.54, 1.807) is 0 Å². The second-order valence-corrected chi connectivity index (χ2v) is 9.80. The second-order valence-electron chi connectivity index (χ2n) is 8.97. The quantitative estimate of drug-likeness (QED) is 0.0884. The summed E-state index contributed by atoms with van der Waals surface area (Å²) in [5.41, 5.74) is 0. The fourth-order valence-electron chi connectivity index (χ4n) is 3.67. The molecule has 2 N–H and O–H groups in total. The van der Waals surface area contributed by atoms with Crippen molar-refractivity contribution in [3.63, 3.8) is 0 Å². The Morgan fingerprint density at radius 2 is 1.21 bits per heavy atom. The van der Waals surface area contributed by atoms with Gasteiger partial charge in [0.15, 0.2) is 0 Å². The minimum absolute atomic E-state index is 0.0428. The van der Waals surface area contributed by atoms with E-state index >= 15 is 0 Å². The van der Waals surface area contributed by atoms with Crippen LogP contribution in [0.5, 0.6) is 0 Å². The summed E-state index contributed by atoms with van der Waals surface area (Å²) < 4.78 is 14.9. The van der Waals surface area contributed by atoms with E-state index in [1.807, 2.05) is 0 Å². The molecule has 0 rings (SSSR count). The Balaban J connectivity index is 3.32. The van der Waals surface area contributed by atoms with Gasteiger partial charge < -0.3 is 14.7 Å². The van der Waals surface area contributed by atoms with Crippen LogP contribution in [0.25, 0.3) is 0 Å². The van der Waals surface area contributed by atoms with Crippen molar-refractivity contribution >= 4 is 14.2 Å². The number of nitrogens with one attached hydrogen (secondary N) is 1. The molecular weight excluding hydrogens is 445 g/mol. The number of unbranched alkanes of at least 4 members (excludes halogenated alkanes) is 16. The van der Waals surface area contributed by atoms with E-state index in [1.165, 1.54) is 77.0 Å². The van der Waals surface area contributed by atoms with Crippen LogP contribution in [0.3, 0.4) is 0 Å². The first kappa shape index (κ1) is 32.7. The number of hydrogen-bond acceptors (Lipinski definition) is 3. The van der Waals surface area contributed by atoms with Crippen LogP contribution in [0.15, 0.2) is 0 Å². The largest absolute Gasteiger partial charge is 0.356 e. The molecule has 0 saturated heterocycles. The smallest absolute Gasteiger partial charge is 0.316 e. The SMILES string of the molecule is CCCCCCCCCCCCC#CC#CCCCCCCCCC(=O)NCCCO[PH](=O)O. The lowest BCUT2D eigenvalue weighted by Crippen LogP contribution is -2.24. The highest BCUT2D eigenvalue weighted by molar-refractivity contribution is 7.32. The molecule has 0 spiro atoms. The molecule has 1 atom stereocenters. The molecule has 196 valence electrons. The topological polar surface area (TPSA) is 75.6 Å². The monoisotopic (exact) mass is 495 g/mol. The molecule has 34 heavy (non-hydrogen) atoms. The highest BCUT2D eigenvalue weighted by atomic mass is 31.1. The molecule has 6 heteroatoms. The maximum Gasteiger partial charge on any atom is 0.316 e. The predicted molar refractivity (Wildman–Crippen MR) is 144 cm³/mol. The van der Waals surface area contributed by atoms with Crippen molar-refractivity contribution in [3.8, 4) is 23.7 Å². The summed E-state index contributed by atoms with van der Waals surface area (Å²) in [5.74, 6) is 12.4. The molecule has 0 aliphatic carbocycles. The van der Waals surface area contributed by atoms with E-state index in [-0.39, 0.29) is 12.5 Å². The summed E-state index contributed by atoms with van der Waals surface area (Å²) in [7, 11) is -2.85. The summed E-state index contributed by atoms with van der Waals surface area (Å²) in [6.45, 7) is 2.95. The lowest BCUT2D eigenvalue weighted by molar-refractivity contribution is -0.121. The number of amides is 1. The van der Waals surface area contributed by atoms with Crippen LogP contribution >= 0.6 is 8.25 Å². The van der Waals surface area contributed by atoms with Gasteiger partial charge in [-0.15, -0.1) is 0 Å². The third-order valence-electron chi connectivity index (χ3n) is 5.72. The molecule has 5 nitrogen and oxygen atoms in total. The van der Waals surface area contributed by atoms with E-state index < -0.39 is 8.25 Å². The van der Waals surface area contributed by atoms with Crippen molar-refractivity contribution in [2.75, 3.05) is 13.2 Å². The number of carbonyl (C=O) groups excluding carboxylic acids is 1. The summed E-state index contributed by atoms with van der Waals surface area (Å²) >= 11 is 0. The molecule has 0 aliphatic rings. The predicted octanol–water partition coefficient (Wildman–Crippen LogP) is 7.33. The van der Waals surface area contributed by atoms with Gasteiger partial charge in [0.1, 0.15) is 0 Å². The Morgan fingerprint density at radius 1 is 0.735 bits per heavy atom. The van der Waals surface area contributed by atoms with Crippen molar-refractivity contribution in [2.45, 2.75) is 135 Å². The van der Waals surface area contributed by atoms with Crippen LogP contribution < -0.4 is 5.32 Å². The van der Waals surface area contributed by atoms with Crippen molar-refractivity contribution in [1.29, 1.82) is 0 Å². The lowest BCUT2D eigenvalue weighted by atomic mass is 10.1. The third kappa shape index (κ3) is 28.8. The average Bonchev–Trinajstić information content (AvgIpc) is 2.82. The zero-order chi connectivity index (χ0) is 25.0. The van der Waals surface area contributed by atoms with E-state index in [9.17, 15) is 9.36 Å². The van der Waals surface area contributed by atoms with Crippen molar-refractivity contribution in [1.82, 2.24) is 5.32 Å². The van der Waals surface area contributed by atoms with Crippen molar-refractivity contribution in [2.24, 2.45) is 0 Å². The highest BCUT2D eigenvalue weighted by Crippen LogP contribution is 2.14. The number of hydrogen-bond donors (Lipinski definition) is 2. The Kier molecular flexibility index (Phi) is 26.9. The molecule has 0 radical (unpaired) electrons. The first-order chi connectivity index (χ1) is 16.7. The van der Waals surface area contributed by atoms with Gasteiger partial charge in [0, 0.05) is 25.8 Å². The van der Waals surface area contributed by atoms with Gasteiger partial charge in [-0.25, -0.2) is 0 Å². The zero-order valence-electron chi connectivity index (χ0n) is 21.7. The van der Waals surface area contributed by atoms with Gasteiger partial charge >= 0.3 is 8.25 Å². The maximum atomic E-state index is 11.7. The molecule has 0 fully saturated rings. The fourth-order valence-corrected chi connectivity index (χ4v) is 3.99. The van der Waals surface area contributed by atoms with Crippen LogP contribution in [-0.4, -0.2) is 24.0 Å². The molecule has 0 aromatic heterocycles. The number of carbonyl (C=O) groups is 1. The molecule has 1 amide bonds. The Labute approximate surface area is 210 Å². The van der Waals surface area contributed by atoms with Crippen LogP contribution in [0.1, 0.15) is 135 Å². The Bertz CT molecular complexity index is 615. The minimum Gasteiger partial charge on any atom is -0.356 e. The normalized spacial score (nSPS) is 11.2. The van der Waals surface area contributed by atoms with E-state index in [0.29, 0.717) is 19.4 Å². The summed E-state index contributed by atoms with van der Waals surface area (Å²) in [6.07, 6.45) is 23.2. The molecule has 0 aliphatic heterocycles. The molecule has 0 heterocycles. The van der Waals surface area contributed by atoms with Crippen LogP contribution in [0, 0.1) is 23.7 Å². The Morgan fingerprint density at radius 3 is 1.71 bits per heavy atom. The first-order valence-corrected chi connectivity index (χ1v) is 15.0. The van der Waals surface area contributed by atoms with Gasteiger partial charge in [0.2, 0.25) is 5.91 Å². The third-order valence-corrected chi connectivity index (χ3v) is 6.17. The van der Waals surface area contributed by atoms with Gasteiger partial charge in [-0.2, -0.15) is 0 Å². The van der Waals surface area contributed by atoms with Crippen molar-refractivity contribution in [3.05, 3.63) is 0 Å². The van der Waals surface area contributed by atoms with E-state index in [0.717, 1.165) is 38.5 Å². The molecule has 1 unspecified atom stereocenters. The lowest BCUT2D eigenvalue weighted by Gasteiger charge is -2.05. The first-order valence-electron chi connectivity index (χ1n) is 13.7. The molecule has 0 bridgehead atoms. The van der Waals surface area contributed by atoms with Gasteiger partial charge in [-0.1, -0.05) is 102 Å². The van der Waals surface area contributed by atoms with E-state index in [2.05, 4.69) is 40.4 Å². The molecule has 0 aromatic carbocycles. The van der Waals surface area contributed by atoms with Crippen molar-refractivity contribution < 1.29 is 18.8 Å². The second kappa shape index (κ2) is 28.0. The minimum atomic E-state index is -2.85.